The summed E-state index contributed by atoms with van der Waals surface area (Å²) in [7, 11) is 0. The maximum atomic E-state index is 4.48. The quantitative estimate of drug-likeness (QED) is 0.587. The third-order valence-corrected chi connectivity index (χ3v) is 4.67. The molecule has 24 heavy (non-hydrogen) atoms. The van der Waals surface area contributed by atoms with Crippen LogP contribution in [-0.2, 0) is 13.0 Å². The topological polar surface area (TPSA) is 60.0 Å². The van der Waals surface area contributed by atoms with E-state index in [4.69, 9.17) is 0 Å². The van der Waals surface area contributed by atoms with Crippen molar-refractivity contribution in [2.75, 3.05) is 11.9 Å². The van der Waals surface area contributed by atoms with Gasteiger partial charge < -0.3 is 9.88 Å². The minimum absolute atomic E-state index is 0.793. The summed E-state index contributed by atoms with van der Waals surface area (Å²) in [5, 5.41) is 8.73. The lowest BCUT2D eigenvalue weighted by molar-refractivity contribution is 0.722. The lowest BCUT2D eigenvalue weighted by Gasteiger charge is -2.08. The molecule has 3 aromatic heterocycles. The van der Waals surface area contributed by atoms with Gasteiger partial charge in [0.15, 0.2) is 0 Å². The first-order valence-electron chi connectivity index (χ1n) is 7.88. The Hall–Kier alpha value is -2.67. The molecule has 0 aliphatic heterocycles. The molecule has 6 nitrogen and oxygen atoms in total. The van der Waals surface area contributed by atoms with E-state index in [0.717, 1.165) is 41.1 Å². The summed E-state index contributed by atoms with van der Waals surface area (Å²) >= 11 is 1.56. The number of hydrogen-bond donors (Lipinski definition) is 1. The zero-order valence-corrected chi connectivity index (χ0v) is 14.2. The molecule has 1 N–H and O–H groups in total. The molecule has 4 rings (SSSR count). The number of anilines is 1. The highest BCUT2D eigenvalue weighted by molar-refractivity contribution is 7.20. The standard InChI is InChI=1S/C17H18N6S/c1-13-11-23-17(20-13)24-16(21-23)19-8-7-15-18-9-10-22(15)12-14-5-3-2-4-6-14/h2-6,9-11H,7-8,12H2,1H3,(H,19,21). The lowest BCUT2D eigenvalue weighted by atomic mass is 10.2. The summed E-state index contributed by atoms with van der Waals surface area (Å²) in [4.78, 5) is 9.81. The van der Waals surface area contributed by atoms with Gasteiger partial charge in [-0.05, 0) is 12.5 Å². The fourth-order valence-corrected chi connectivity index (χ4v) is 3.51. The summed E-state index contributed by atoms with van der Waals surface area (Å²) in [6.45, 7) is 3.61. The molecule has 3 heterocycles. The molecule has 0 saturated carbocycles. The van der Waals surface area contributed by atoms with Crippen molar-refractivity contribution in [2.24, 2.45) is 0 Å². The van der Waals surface area contributed by atoms with E-state index in [-0.39, 0.29) is 0 Å². The molecule has 122 valence electrons. The Morgan fingerprint density at radius 3 is 2.92 bits per heavy atom. The second-order valence-electron chi connectivity index (χ2n) is 5.65. The van der Waals surface area contributed by atoms with Crippen LogP contribution in [0.5, 0.6) is 0 Å². The van der Waals surface area contributed by atoms with Gasteiger partial charge in [0.2, 0.25) is 10.1 Å². The average molecular weight is 338 g/mol. The van der Waals surface area contributed by atoms with Crippen LogP contribution in [0.1, 0.15) is 17.1 Å². The molecule has 0 atom stereocenters. The smallest absolute Gasteiger partial charge is 0.214 e. The molecule has 0 amide bonds. The van der Waals surface area contributed by atoms with E-state index >= 15 is 0 Å². The van der Waals surface area contributed by atoms with Crippen LogP contribution in [-0.4, -0.2) is 30.7 Å². The first-order valence-corrected chi connectivity index (χ1v) is 8.70. The Morgan fingerprint density at radius 2 is 2.08 bits per heavy atom. The van der Waals surface area contributed by atoms with E-state index in [1.165, 1.54) is 5.56 Å². The van der Waals surface area contributed by atoms with Crippen LogP contribution >= 0.6 is 11.3 Å². The Morgan fingerprint density at radius 1 is 1.21 bits per heavy atom. The van der Waals surface area contributed by atoms with Gasteiger partial charge in [0.25, 0.3) is 0 Å². The minimum Gasteiger partial charge on any atom is -0.360 e. The Kier molecular flexibility index (Phi) is 4.00. The second kappa shape index (κ2) is 6.45. The van der Waals surface area contributed by atoms with Gasteiger partial charge in [-0.2, -0.15) is 0 Å². The number of nitrogens with one attached hydrogen (secondary N) is 1. The molecule has 0 aliphatic carbocycles. The van der Waals surface area contributed by atoms with Crippen LogP contribution in [0.2, 0.25) is 0 Å². The molecule has 0 fully saturated rings. The molecule has 0 radical (unpaired) electrons. The van der Waals surface area contributed by atoms with Crippen molar-refractivity contribution in [1.29, 1.82) is 0 Å². The lowest BCUT2D eigenvalue weighted by Crippen LogP contribution is -2.11. The normalized spacial score (nSPS) is 11.2. The number of aromatic nitrogens is 5. The summed E-state index contributed by atoms with van der Waals surface area (Å²) < 4.78 is 4.01. The first-order chi connectivity index (χ1) is 11.8. The predicted octanol–water partition coefficient (Wildman–Crippen LogP) is 3.00. The van der Waals surface area contributed by atoms with Gasteiger partial charge >= 0.3 is 0 Å². The summed E-state index contributed by atoms with van der Waals surface area (Å²) in [6.07, 6.45) is 6.67. The highest BCUT2D eigenvalue weighted by Gasteiger charge is 2.07. The van der Waals surface area contributed by atoms with Crippen LogP contribution in [0.15, 0.2) is 48.9 Å². The van der Waals surface area contributed by atoms with Gasteiger partial charge in [0, 0.05) is 31.9 Å². The summed E-state index contributed by atoms with van der Waals surface area (Å²) in [6, 6.07) is 10.4. The van der Waals surface area contributed by atoms with Crippen molar-refractivity contribution >= 4 is 21.4 Å². The molecule has 0 bridgehead atoms. The van der Waals surface area contributed by atoms with E-state index in [1.54, 1.807) is 11.3 Å². The largest absolute Gasteiger partial charge is 0.360 e. The maximum absolute atomic E-state index is 4.48. The van der Waals surface area contributed by atoms with E-state index in [0.29, 0.717) is 0 Å². The monoisotopic (exact) mass is 338 g/mol. The van der Waals surface area contributed by atoms with E-state index in [1.807, 2.05) is 36.1 Å². The van der Waals surface area contributed by atoms with E-state index in [9.17, 15) is 0 Å². The van der Waals surface area contributed by atoms with Crippen LogP contribution < -0.4 is 5.32 Å². The predicted molar refractivity (Wildman–Crippen MR) is 95.6 cm³/mol. The van der Waals surface area contributed by atoms with Crippen molar-refractivity contribution < 1.29 is 0 Å². The van der Waals surface area contributed by atoms with Gasteiger partial charge in [-0.3, -0.25) is 0 Å². The minimum atomic E-state index is 0.793. The van der Waals surface area contributed by atoms with Crippen LogP contribution in [0.3, 0.4) is 0 Å². The number of aryl methyl sites for hydroxylation is 1. The van der Waals surface area contributed by atoms with Crippen LogP contribution in [0.25, 0.3) is 4.96 Å². The van der Waals surface area contributed by atoms with Crippen molar-refractivity contribution in [3.63, 3.8) is 0 Å². The van der Waals surface area contributed by atoms with Gasteiger partial charge in [0.05, 0.1) is 11.9 Å². The number of fused-ring (bicyclic) bond motifs is 1. The molecule has 0 unspecified atom stereocenters. The van der Waals surface area contributed by atoms with Gasteiger partial charge in [-0.25, -0.2) is 14.5 Å². The maximum Gasteiger partial charge on any atom is 0.214 e. The average Bonchev–Trinajstić information content (AvgIpc) is 3.24. The highest BCUT2D eigenvalue weighted by atomic mass is 32.1. The van der Waals surface area contributed by atoms with Gasteiger partial charge in [-0.1, -0.05) is 41.7 Å². The third-order valence-electron chi connectivity index (χ3n) is 3.79. The van der Waals surface area contributed by atoms with Gasteiger partial charge in [-0.15, -0.1) is 5.10 Å². The van der Waals surface area contributed by atoms with Crippen molar-refractivity contribution in [3.05, 3.63) is 66.0 Å². The number of nitrogens with zero attached hydrogens (tertiary/aromatic N) is 5. The Labute approximate surface area is 143 Å². The zero-order valence-electron chi connectivity index (χ0n) is 13.4. The molecule has 0 aliphatic rings. The number of imidazole rings is 2. The molecular formula is C17H18N6S. The molecule has 1 aromatic carbocycles. The molecule has 0 saturated heterocycles. The highest BCUT2D eigenvalue weighted by Crippen LogP contribution is 2.18. The fraction of sp³-hybridized carbons (Fsp3) is 0.235. The van der Waals surface area contributed by atoms with Gasteiger partial charge in [0.1, 0.15) is 5.82 Å². The second-order valence-corrected chi connectivity index (χ2v) is 6.61. The van der Waals surface area contributed by atoms with E-state index < -0.39 is 0 Å². The number of rotatable bonds is 6. The first kappa shape index (κ1) is 14.9. The molecule has 7 heteroatoms. The van der Waals surface area contributed by atoms with Crippen molar-refractivity contribution in [1.82, 2.24) is 24.1 Å². The van der Waals surface area contributed by atoms with Crippen molar-refractivity contribution in [3.8, 4) is 0 Å². The Balaban J connectivity index is 1.37. The molecule has 0 spiro atoms. The summed E-state index contributed by atoms with van der Waals surface area (Å²) in [5.74, 6) is 1.07. The third kappa shape index (κ3) is 3.16. The SMILES string of the molecule is Cc1cn2nc(NCCc3nccn3Cc3ccccc3)sc2n1. The van der Waals surface area contributed by atoms with Crippen molar-refractivity contribution in [2.45, 2.75) is 19.9 Å². The van der Waals surface area contributed by atoms with E-state index in [2.05, 4.69) is 49.2 Å². The molecular weight excluding hydrogens is 320 g/mol. The molecule has 4 aromatic rings. The zero-order chi connectivity index (χ0) is 16.4. The van der Waals surface area contributed by atoms with Crippen LogP contribution in [0, 0.1) is 6.92 Å². The summed E-state index contributed by atoms with van der Waals surface area (Å²) in [5.41, 5.74) is 2.27. The Bertz CT molecular complexity index is 905. The number of hydrogen-bond acceptors (Lipinski definition) is 5. The fourth-order valence-electron chi connectivity index (χ4n) is 2.65. The van der Waals surface area contributed by atoms with Crippen LogP contribution in [0.4, 0.5) is 5.13 Å². The number of benzene rings is 1.